The minimum absolute atomic E-state index is 0.663. The molecule has 0 fully saturated rings. The van der Waals surface area contributed by atoms with Crippen LogP contribution in [0.25, 0.3) is 0 Å². The molecule has 0 saturated heterocycles. The van der Waals surface area contributed by atoms with Crippen LogP contribution in [0.3, 0.4) is 0 Å². The van der Waals surface area contributed by atoms with E-state index >= 15 is 0 Å². The Morgan fingerprint density at radius 2 is 2.25 bits per heavy atom. The Bertz CT molecular complexity index is 159. The lowest BCUT2D eigenvalue weighted by Crippen LogP contribution is -2.13. The fourth-order valence-electron chi connectivity index (χ4n) is 1.05. The molecule has 3 N–H and O–H groups in total. The van der Waals surface area contributed by atoms with Crippen LogP contribution >= 0.6 is 0 Å². The van der Waals surface area contributed by atoms with E-state index in [2.05, 4.69) is 31.4 Å². The van der Waals surface area contributed by atoms with E-state index in [-0.39, 0.29) is 0 Å². The number of hydrazine groups is 1. The Labute approximate surface area is 75.5 Å². The van der Waals surface area contributed by atoms with Crippen LogP contribution in [0.1, 0.15) is 33.6 Å². The van der Waals surface area contributed by atoms with Gasteiger partial charge in [0.15, 0.2) is 0 Å². The molecule has 0 aromatic rings. The predicted molar refractivity (Wildman–Crippen MR) is 54.3 cm³/mol. The van der Waals surface area contributed by atoms with Gasteiger partial charge in [-0.3, -0.25) is 5.84 Å². The monoisotopic (exact) mass is 168 g/mol. The zero-order valence-electron chi connectivity index (χ0n) is 8.30. The maximum Gasteiger partial charge on any atom is 0.0152 e. The average Bonchev–Trinajstić information content (AvgIpc) is 2.02. The highest BCUT2D eigenvalue weighted by atomic mass is 15.2. The second-order valence-electron chi connectivity index (χ2n) is 3.18. The highest BCUT2D eigenvalue weighted by molar-refractivity contribution is 5.15. The molecule has 2 heteroatoms. The van der Waals surface area contributed by atoms with Gasteiger partial charge in [0.25, 0.3) is 0 Å². The third-order valence-corrected chi connectivity index (χ3v) is 1.74. The molecule has 0 spiro atoms. The molecule has 0 aromatic heterocycles. The van der Waals surface area contributed by atoms with Gasteiger partial charge < -0.3 is 5.43 Å². The molecule has 0 aliphatic carbocycles. The molecular formula is C10H20N2. The van der Waals surface area contributed by atoms with Gasteiger partial charge in [-0.2, -0.15) is 0 Å². The van der Waals surface area contributed by atoms with Crippen LogP contribution in [-0.2, 0) is 0 Å². The van der Waals surface area contributed by atoms with Gasteiger partial charge in [-0.05, 0) is 24.8 Å². The van der Waals surface area contributed by atoms with Crippen molar-refractivity contribution in [3.05, 3.63) is 23.9 Å². The van der Waals surface area contributed by atoms with Crippen molar-refractivity contribution in [1.29, 1.82) is 0 Å². The van der Waals surface area contributed by atoms with Gasteiger partial charge in [0.2, 0.25) is 0 Å². The molecular weight excluding hydrogens is 148 g/mol. The van der Waals surface area contributed by atoms with Gasteiger partial charge in [0.05, 0.1) is 0 Å². The molecule has 0 amide bonds. The summed E-state index contributed by atoms with van der Waals surface area (Å²) in [5.41, 5.74) is 3.66. The minimum atomic E-state index is 0.663. The normalized spacial score (nSPS) is 15.2. The lowest BCUT2D eigenvalue weighted by molar-refractivity contribution is 0.634. The molecule has 0 aliphatic rings. The number of hydrogen-bond acceptors (Lipinski definition) is 2. The van der Waals surface area contributed by atoms with Crippen LogP contribution < -0.4 is 11.3 Å². The lowest BCUT2D eigenvalue weighted by atomic mass is 10.1. The molecule has 2 nitrogen and oxygen atoms in total. The topological polar surface area (TPSA) is 38.0 Å². The smallest absolute Gasteiger partial charge is 0.0152 e. The van der Waals surface area contributed by atoms with Crippen molar-refractivity contribution in [1.82, 2.24) is 5.43 Å². The van der Waals surface area contributed by atoms with Gasteiger partial charge in [0.1, 0.15) is 0 Å². The first-order chi connectivity index (χ1) is 5.70. The van der Waals surface area contributed by atoms with Crippen molar-refractivity contribution in [2.75, 3.05) is 0 Å². The Balaban J connectivity index is 3.80. The molecule has 0 heterocycles. The van der Waals surface area contributed by atoms with E-state index in [9.17, 15) is 0 Å². The summed E-state index contributed by atoms with van der Waals surface area (Å²) in [6.07, 6.45) is 8.59. The second kappa shape index (κ2) is 6.92. The van der Waals surface area contributed by atoms with E-state index in [1.807, 2.05) is 6.92 Å². The Kier molecular flexibility index (Phi) is 6.48. The molecule has 1 atom stereocenters. The number of rotatable bonds is 5. The first-order valence-electron chi connectivity index (χ1n) is 4.51. The third-order valence-electron chi connectivity index (χ3n) is 1.74. The molecule has 70 valence electrons. The maximum atomic E-state index is 5.13. The van der Waals surface area contributed by atoms with E-state index in [4.69, 9.17) is 5.84 Å². The summed E-state index contributed by atoms with van der Waals surface area (Å²) >= 11 is 0. The van der Waals surface area contributed by atoms with Gasteiger partial charge in [-0.15, -0.1) is 0 Å². The average molecular weight is 168 g/mol. The first kappa shape index (κ1) is 11.2. The number of nitrogens with one attached hydrogen (secondary N) is 1. The van der Waals surface area contributed by atoms with E-state index in [1.165, 1.54) is 12.8 Å². The molecule has 12 heavy (non-hydrogen) atoms. The number of hydrogen-bond donors (Lipinski definition) is 2. The number of nitrogens with two attached hydrogens (primary N) is 1. The summed E-state index contributed by atoms with van der Waals surface area (Å²) in [5.74, 6) is 5.80. The van der Waals surface area contributed by atoms with Crippen molar-refractivity contribution >= 4 is 0 Å². The van der Waals surface area contributed by atoms with Gasteiger partial charge in [-0.25, -0.2) is 0 Å². The number of allylic oxidation sites excluding steroid dienone is 3. The first-order valence-corrected chi connectivity index (χ1v) is 4.51. The van der Waals surface area contributed by atoms with Gasteiger partial charge >= 0.3 is 0 Å². The van der Waals surface area contributed by atoms with Crippen molar-refractivity contribution in [3.8, 4) is 0 Å². The zero-order chi connectivity index (χ0) is 9.40. The van der Waals surface area contributed by atoms with Crippen LogP contribution in [0.5, 0.6) is 0 Å². The van der Waals surface area contributed by atoms with Crippen LogP contribution in [0, 0.1) is 5.92 Å². The highest BCUT2D eigenvalue weighted by Crippen LogP contribution is 2.07. The third kappa shape index (κ3) is 5.98. The Morgan fingerprint density at radius 3 is 2.75 bits per heavy atom. The quantitative estimate of drug-likeness (QED) is 0.375. The second-order valence-corrected chi connectivity index (χ2v) is 3.18. The van der Waals surface area contributed by atoms with Crippen LogP contribution in [-0.4, -0.2) is 0 Å². The zero-order valence-corrected chi connectivity index (χ0v) is 8.30. The fraction of sp³-hybridized carbons (Fsp3) is 0.600. The molecule has 0 rings (SSSR count). The van der Waals surface area contributed by atoms with Crippen LogP contribution in [0.2, 0.25) is 0 Å². The largest absolute Gasteiger partial charge is 0.331 e. The Hall–Kier alpha value is -0.760. The molecule has 0 radical (unpaired) electrons. The highest BCUT2D eigenvalue weighted by Gasteiger charge is 1.92. The van der Waals surface area contributed by atoms with Crippen LogP contribution in [0.4, 0.5) is 0 Å². The van der Waals surface area contributed by atoms with Crippen molar-refractivity contribution in [2.24, 2.45) is 11.8 Å². The minimum Gasteiger partial charge on any atom is -0.331 e. The molecule has 0 saturated carbocycles. The summed E-state index contributed by atoms with van der Waals surface area (Å²) in [7, 11) is 0. The summed E-state index contributed by atoms with van der Waals surface area (Å²) in [6, 6.07) is 0. The van der Waals surface area contributed by atoms with Gasteiger partial charge in [0, 0.05) is 6.20 Å². The lowest BCUT2D eigenvalue weighted by Gasteiger charge is -2.02. The molecule has 0 aromatic carbocycles. The molecule has 0 bridgehead atoms. The fourth-order valence-corrected chi connectivity index (χ4v) is 1.05. The molecule has 1 unspecified atom stereocenters. The Morgan fingerprint density at radius 1 is 1.58 bits per heavy atom. The summed E-state index contributed by atoms with van der Waals surface area (Å²) in [5, 5.41) is 0. The van der Waals surface area contributed by atoms with E-state index in [0.717, 1.165) is 5.57 Å². The van der Waals surface area contributed by atoms with E-state index in [0.29, 0.717) is 5.92 Å². The van der Waals surface area contributed by atoms with Crippen LogP contribution in [0.15, 0.2) is 23.9 Å². The van der Waals surface area contributed by atoms with Crippen molar-refractivity contribution < 1.29 is 0 Å². The van der Waals surface area contributed by atoms with Crippen molar-refractivity contribution in [3.63, 3.8) is 0 Å². The van der Waals surface area contributed by atoms with E-state index in [1.54, 1.807) is 6.20 Å². The van der Waals surface area contributed by atoms with Gasteiger partial charge in [-0.1, -0.05) is 32.4 Å². The summed E-state index contributed by atoms with van der Waals surface area (Å²) in [6.45, 7) is 6.45. The standard InChI is InChI=1S/C10H20N2/c1-4-5-9(2)6-7-10(3)8-12-11/h6-9,12H,4-5,11H2,1-3H3/b7-6+,10-8-. The predicted octanol–water partition coefficient (Wildman–Crippen LogP) is 2.35. The van der Waals surface area contributed by atoms with Crippen molar-refractivity contribution in [2.45, 2.75) is 33.6 Å². The maximum absolute atomic E-state index is 5.13. The summed E-state index contributed by atoms with van der Waals surface area (Å²) in [4.78, 5) is 0. The SMILES string of the molecule is CCCC(C)/C=C/C(C)=C\NN. The van der Waals surface area contributed by atoms with E-state index < -0.39 is 0 Å². The molecule has 0 aliphatic heterocycles. The summed E-state index contributed by atoms with van der Waals surface area (Å²) < 4.78 is 0.